The molecule has 3 aromatic rings. The molecule has 8 nitrogen and oxygen atoms in total. The number of primary amides is 1. The van der Waals surface area contributed by atoms with Crippen LogP contribution in [0.25, 0.3) is 11.0 Å². The number of hydrogen-bond donors (Lipinski definition) is 2. The molecule has 0 aliphatic carbocycles. The number of nitrogens with one attached hydrogen (secondary N) is 1. The summed E-state index contributed by atoms with van der Waals surface area (Å²) in [5, 5.41) is 2.34. The predicted octanol–water partition coefficient (Wildman–Crippen LogP) is 3.81. The zero-order valence-electron chi connectivity index (χ0n) is 17.9. The van der Waals surface area contributed by atoms with E-state index in [2.05, 4.69) is 44.5 Å². The number of aromatic nitrogens is 2. The third-order valence-corrected chi connectivity index (χ3v) is 5.69. The van der Waals surface area contributed by atoms with Crippen LogP contribution >= 0.6 is 0 Å². The second kappa shape index (κ2) is 9.78. The molecule has 0 bridgehead atoms. The van der Waals surface area contributed by atoms with E-state index >= 15 is 0 Å². The van der Waals surface area contributed by atoms with Crippen LogP contribution in [0.1, 0.15) is 29.9 Å². The molecule has 168 valence electrons. The number of rotatable bonds is 7. The van der Waals surface area contributed by atoms with Gasteiger partial charge >= 0.3 is 6.03 Å². The molecule has 1 fully saturated rings. The third kappa shape index (κ3) is 4.88. The Morgan fingerprint density at radius 2 is 1.97 bits per heavy atom. The highest BCUT2D eigenvalue weighted by Crippen LogP contribution is 2.37. The molecule has 1 saturated heterocycles. The van der Waals surface area contributed by atoms with Gasteiger partial charge in [0.05, 0.1) is 18.1 Å². The fourth-order valence-corrected chi connectivity index (χ4v) is 4.17. The Kier molecular flexibility index (Phi) is 6.65. The van der Waals surface area contributed by atoms with Crippen LogP contribution in [-0.4, -0.2) is 48.0 Å². The Bertz CT molecular complexity index is 1090. The van der Waals surface area contributed by atoms with Crippen molar-refractivity contribution in [3.05, 3.63) is 53.6 Å². The van der Waals surface area contributed by atoms with E-state index in [1.807, 2.05) is 12.1 Å². The number of nitrogens with two attached hydrogens (primary N) is 1. The van der Waals surface area contributed by atoms with Crippen LogP contribution in [0.4, 0.5) is 15.0 Å². The number of piperidine rings is 1. The number of amides is 2. The summed E-state index contributed by atoms with van der Waals surface area (Å²) in [6, 6.07) is 13.3. The van der Waals surface area contributed by atoms with Gasteiger partial charge in [-0.05, 0) is 49.0 Å². The first-order valence-electron chi connectivity index (χ1n) is 10.5. The maximum Gasteiger partial charge on any atom is 0.317 e. The molecule has 2 heterocycles. The first kappa shape index (κ1) is 21.8. The fourth-order valence-electron chi connectivity index (χ4n) is 4.17. The van der Waals surface area contributed by atoms with Crippen LogP contribution in [0.2, 0.25) is 0 Å². The van der Waals surface area contributed by atoms with Gasteiger partial charge in [-0.15, -0.1) is 0 Å². The number of ether oxygens (including phenoxy) is 2. The highest BCUT2D eigenvalue weighted by molar-refractivity contribution is 5.90. The molecule has 9 heteroatoms. The first-order valence-corrected chi connectivity index (χ1v) is 10.5. The Morgan fingerprint density at radius 1 is 1.22 bits per heavy atom. The lowest BCUT2D eigenvalue weighted by atomic mass is 9.88. The van der Waals surface area contributed by atoms with Gasteiger partial charge in [-0.2, -0.15) is 0 Å². The summed E-state index contributed by atoms with van der Waals surface area (Å²) in [6.45, 7) is 1.71. The molecule has 2 aromatic carbocycles. The third-order valence-electron chi connectivity index (χ3n) is 5.69. The number of halogens is 1. The van der Waals surface area contributed by atoms with Crippen LogP contribution < -0.4 is 20.5 Å². The van der Waals surface area contributed by atoms with Crippen molar-refractivity contribution >= 4 is 22.9 Å². The lowest BCUT2D eigenvalue weighted by Crippen LogP contribution is -2.32. The number of carbonyl (C=O) groups is 1. The molecule has 0 saturated carbocycles. The quantitative estimate of drug-likeness (QED) is 0.580. The van der Waals surface area contributed by atoms with Gasteiger partial charge in [0.2, 0.25) is 6.86 Å². The number of carbonyl (C=O) groups excluding carboxylic acids is 1. The largest absolute Gasteiger partial charge is 0.497 e. The Hall–Kier alpha value is -3.46. The highest BCUT2D eigenvalue weighted by atomic mass is 19.1. The van der Waals surface area contributed by atoms with Crippen molar-refractivity contribution in [1.29, 1.82) is 0 Å². The van der Waals surface area contributed by atoms with Crippen molar-refractivity contribution < 1.29 is 18.7 Å². The Balaban J connectivity index is 1.62. The second-order valence-electron chi connectivity index (χ2n) is 7.74. The standard InChI is InChI=1S/C23H26FN5O3/c1-31-17-11-18(16-7-9-29(10-8-16)13-15-5-3-2-4-6-15)20-19(12-17)26-21(28-23(25)30)22(27-20)32-14-24/h2-6,11-12,16H,7-10,13-14H2,1H3,(H3,25,26,28,30). The van der Waals surface area contributed by atoms with Gasteiger partial charge in [-0.1, -0.05) is 30.3 Å². The zero-order valence-corrected chi connectivity index (χ0v) is 17.9. The SMILES string of the molecule is COc1cc(C2CCN(Cc3ccccc3)CC2)c2nc(OCF)c(NC(N)=O)nc2c1. The maximum atomic E-state index is 12.9. The first-order chi connectivity index (χ1) is 15.6. The molecular weight excluding hydrogens is 413 g/mol. The van der Waals surface area contributed by atoms with Crippen molar-refractivity contribution in [2.75, 3.05) is 32.4 Å². The van der Waals surface area contributed by atoms with Gasteiger partial charge in [0.15, 0.2) is 5.82 Å². The molecule has 3 N–H and O–H groups in total. The molecule has 32 heavy (non-hydrogen) atoms. The summed E-state index contributed by atoms with van der Waals surface area (Å²) in [7, 11) is 1.59. The van der Waals surface area contributed by atoms with E-state index in [-0.39, 0.29) is 17.6 Å². The minimum atomic E-state index is -1.10. The summed E-state index contributed by atoms with van der Waals surface area (Å²) >= 11 is 0. The van der Waals surface area contributed by atoms with E-state index < -0.39 is 12.9 Å². The smallest absolute Gasteiger partial charge is 0.317 e. The summed E-state index contributed by atoms with van der Waals surface area (Å²) < 4.78 is 23.4. The fraction of sp³-hybridized carbons (Fsp3) is 0.348. The molecule has 2 amide bonds. The lowest BCUT2D eigenvalue weighted by molar-refractivity contribution is 0.185. The van der Waals surface area contributed by atoms with Gasteiger partial charge in [-0.3, -0.25) is 10.2 Å². The van der Waals surface area contributed by atoms with Crippen LogP contribution in [-0.2, 0) is 6.54 Å². The maximum absolute atomic E-state index is 12.9. The zero-order chi connectivity index (χ0) is 22.5. The average molecular weight is 439 g/mol. The van der Waals surface area contributed by atoms with Crippen LogP contribution in [0, 0.1) is 0 Å². The van der Waals surface area contributed by atoms with Crippen molar-refractivity contribution in [2.45, 2.75) is 25.3 Å². The number of alkyl halides is 1. The van der Waals surface area contributed by atoms with Gasteiger partial charge < -0.3 is 15.2 Å². The number of benzene rings is 2. The normalized spacial score (nSPS) is 14.9. The molecule has 0 radical (unpaired) electrons. The van der Waals surface area contributed by atoms with Crippen LogP contribution in [0.15, 0.2) is 42.5 Å². The number of nitrogens with zero attached hydrogens (tertiary/aromatic N) is 3. The second-order valence-corrected chi connectivity index (χ2v) is 7.74. The number of urea groups is 1. The summed E-state index contributed by atoms with van der Waals surface area (Å²) in [5.74, 6) is 0.742. The molecule has 4 rings (SSSR count). The predicted molar refractivity (Wildman–Crippen MR) is 120 cm³/mol. The summed E-state index contributed by atoms with van der Waals surface area (Å²) in [6.07, 6.45) is 1.88. The van der Waals surface area contributed by atoms with Crippen molar-refractivity contribution in [3.63, 3.8) is 0 Å². The average Bonchev–Trinajstić information content (AvgIpc) is 2.80. The highest BCUT2D eigenvalue weighted by Gasteiger charge is 2.25. The number of hydrogen-bond acceptors (Lipinski definition) is 6. The van der Waals surface area contributed by atoms with Crippen LogP contribution in [0.3, 0.4) is 0 Å². The molecule has 0 unspecified atom stereocenters. The van der Waals surface area contributed by atoms with E-state index in [4.69, 9.17) is 15.2 Å². The van der Waals surface area contributed by atoms with Crippen molar-refractivity contribution in [3.8, 4) is 11.6 Å². The number of likely N-dealkylation sites (tertiary alicyclic amines) is 1. The van der Waals surface area contributed by atoms with Crippen molar-refractivity contribution in [2.24, 2.45) is 5.73 Å². The van der Waals surface area contributed by atoms with Gasteiger partial charge in [-0.25, -0.2) is 19.2 Å². The molecule has 0 atom stereocenters. The number of methoxy groups -OCH3 is 1. The molecule has 1 aromatic heterocycles. The van der Waals surface area contributed by atoms with Gasteiger partial charge in [0, 0.05) is 12.6 Å². The molecule has 0 spiro atoms. The van der Waals surface area contributed by atoms with E-state index in [9.17, 15) is 9.18 Å². The number of fused-ring (bicyclic) bond motifs is 1. The van der Waals surface area contributed by atoms with Crippen molar-refractivity contribution in [1.82, 2.24) is 14.9 Å². The van der Waals surface area contributed by atoms with E-state index in [0.29, 0.717) is 16.8 Å². The minimum Gasteiger partial charge on any atom is -0.497 e. The van der Waals surface area contributed by atoms with Gasteiger partial charge in [0.1, 0.15) is 5.75 Å². The van der Waals surface area contributed by atoms with E-state index in [1.165, 1.54) is 5.56 Å². The Labute approximate surface area is 185 Å². The van der Waals surface area contributed by atoms with E-state index in [0.717, 1.165) is 38.0 Å². The molecule has 1 aliphatic rings. The Morgan fingerprint density at radius 3 is 2.62 bits per heavy atom. The summed E-state index contributed by atoms with van der Waals surface area (Å²) in [4.78, 5) is 22.7. The minimum absolute atomic E-state index is 0.0282. The van der Waals surface area contributed by atoms with Crippen LogP contribution in [0.5, 0.6) is 11.6 Å². The lowest BCUT2D eigenvalue weighted by Gasteiger charge is -2.32. The molecule has 1 aliphatic heterocycles. The molecular formula is C23H26FN5O3. The monoisotopic (exact) mass is 439 g/mol. The van der Waals surface area contributed by atoms with Gasteiger partial charge in [0.25, 0.3) is 5.88 Å². The summed E-state index contributed by atoms with van der Waals surface area (Å²) in [5.41, 5.74) is 8.60. The topological polar surface area (TPSA) is 103 Å². The number of anilines is 1. The van der Waals surface area contributed by atoms with E-state index in [1.54, 1.807) is 13.2 Å².